The van der Waals surface area contributed by atoms with Crippen LogP contribution in [0.4, 0.5) is 20.2 Å². The number of hydrogen-bond acceptors (Lipinski definition) is 1. The van der Waals surface area contributed by atoms with Gasteiger partial charge in [0.15, 0.2) is 5.11 Å². The van der Waals surface area contributed by atoms with Crippen molar-refractivity contribution >= 4 is 28.7 Å². The SMILES string of the molecule is Cc1ccc(NC(=S)Nc2cc(F)ccc2F)cc1. The summed E-state index contributed by atoms with van der Waals surface area (Å²) in [4.78, 5) is 0. The Bertz CT molecular complexity index is 597. The van der Waals surface area contributed by atoms with Crippen molar-refractivity contribution in [1.82, 2.24) is 0 Å². The van der Waals surface area contributed by atoms with Crippen LogP contribution in [0.15, 0.2) is 42.5 Å². The van der Waals surface area contributed by atoms with Crippen LogP contribution >= 0.6 is 12.2 Å². The smallest absolute Gasteiger partial charge is 0.175 e. The van der Waals surface area contributed by atoms with Crippen LogP contribution in [0.1, 0.15) is 5.56 Å². The lowest BCUT2D eigenvalue weighted by molar-refractivity contribution is 0.604. The van der Waals surface area contributed by atoms with E-state index in [1.165, 1.54) is 0 Å². The van der Waals surface area contributed by atoms with E-state index >= 15 is 0 Å². The second kappa shape index (κ2) is 5.75. The van der Waals surface area contributed by atoms with Gasteiger partial charge in [0.2, 0.25) is 0 Å². The van der Waals surface area contributed by atoms with Crippen LogP contribution in [0.3, 0.4) is 0 Å². The van der Waals surface area contributed by atoms with Crippen molar-refractivity contribution in [2.75, 3.05) is 10.6 Å². The predicted molar refractivity (Wildman–Crippen MR) is 77.4 cm³/mol. The monoisotopic (exact) mass is 278 g/mol. The maximum atomic E-state index is 13.4. The molecular weight excluding hydrogens is 266 g/mol. The molecule has 0 saturated heterocycles. The molecule has 2 rings (SSSR count). The van der Waals surface area contributed by atoms with Crippen molar-refractivity contribution in [3.8, 4) is 0 Å². The Hall–Kier alpha value is -2.01. The van der Waals surface area contributed by atoms with Crippen LogP contribution in [0.2, 0.25) is 0 Å². The van der Waals surface area contributed by atoms with E-state index in [2.05, 4.69) is 10.6 Å². The highest BCUT2D eigenvalue weighted by Gasteiger charge is 2.05. The standard InChI is InChI=1S/C14H12F2N2S/c1-9-2-5-11(6-3-9)17-14(19)18-13-8-10(15)4-7-12(13)16/h2-8H,1H3,(H2,17,18,19). The first kappa shape index (κ1) is 13.4. The minimum atomic E-state index is -0.561. The Morgan fingerprint density at radius 2 is 1.68 bits per heavy atom. The molecule has 98 valence electrons. The van der Waals surface area contributed by atoms with E-state index in [0.29, 0.717) is 0 Å². The molecule has 2 aromatic carbocycles. The minimum Gasteiger partial charge on any atom is -0.332 e. The van der Waals surface area contributed by atoms with Gasteiger partial charge in [-0.3, -0.25) is 0 Å². The van der Waals surface area contributed by atoms with Crippen LogP contribution in [0.5, 0.6) is 0 Å². The highest BCUT2D eigenvalue weighted by atomic mass is 32.1. The lowest BCUT2D eigenvalue weighted by atomic mass is 10.2. The Morgan fingerprint density at radius 1 is 1.00 bits per heavy atom. The van der Waals surface area contributed by atoms with Crippen LogP contribution < -0.4 is 10.6 Å². The molecule has 0 amide bonds. The van der Waals surface area contributed by atoms with Gasteiger partial charge in [0.25, 0.3) is 0 Å². The van der Waals surface area contributed by atoms with E-state index in [0.717, 1.165) is 29.4 Å². The molecule has 2 N–H and O–H groups in total. The summed E-state index contributed by atoms with van der Waals surface area (Å²) in [7, 11) is 0. The predicted octanol–water partition coefficient (Wildman–Crippen LogP) is 4.08. The minimum absolute atomic E-state index is 0.00427. The van der Waals surface area contributed by atoms with E-state index in [9.17, 15) is 8.78 Å². The topological polar surface area (TPSA) is 24.1 Å². The number of benzene rings is 2. The highest BCUT2D eigenvalue weighted by molar-refractivity contribution is 7.80. The summed E-state index contributed by atoms with van der Waals surface area (Å²) < 4.78 is 26.4. The van der Waals surface area contributed by atoms with E-state index < -0.39 is 11.6 Å². The molecule has 2 aromatic rings. The number of aryl methyl sites for hydroxylation is 1. The average molecular weight is 278 g/mol. The number of thiocarbonyl (C=S) groups is 1. The van der Waals surface area contributed by atoms with Crippen molar-refractivity contribution in [2.45, 2.75) is 6.92 Å². The molecule has 19 heavy (non-hydrogen) atoms. The van der Waals surface area contributed by atoms with Crippen molar-refractivity contribution in [3.63, 3.8) is 0 Å². The van der Waals surface area contributed by atoms with Gasteiger partial charge in [-0.1, -0.05) is 17.7 Å². The summed E-state index contributed by atoms with van der Waals surface area (Å²) in [6, 6.07) is 10.7. The molecule has 0 aliphatic heterocycles. The maximum Gasteiger partial charge on any atom is 0.175 e. The van der Waals surface area contributed by atoms with Crippen molar-refractivity contribution in [3.05, 3.63) is 59.7 Å². The third-order valence-corrected chi connectivity index (χ3v) is 2.69. The Labute approximate surface area is 115 Å². The zero-order valence-electron chi connectivity index (χ0n) is 10.2. The molecule has 0 aliphatic rings. The summed E-state index contributed by atoms with van der Waals surface area (Å²) >= 11 is 5.04. The third kappa shape index (κ3) is 3.72. The van der Waals surface area contributed by atoms with Gasteiger partial charge in [0.1, 0.15) is 11.6 Å². The summed E-state index contributed by atoms with van der Waals surface area (Å²) in [6.45, 7) is 1.97. The van der Waals surface area contributed by atoms with Gasteiger partial charge in [0, 0.05) is 11.8 Å². The lowest BCUT2D eigenvalue weighted by Gasteiger charge is -2.11. The first-order valence-electron chi connectivity index (χ1n) is 5.64. The van der Waals surface area contributed by atoms with Crippen LogP contribution in [-0.4, -0.2) is 5.11 Å². The molecule has 0 atom stereocenters. The van der Waals surface area contributed by atoms with E-state index in [1.54, 1.807) is 0 Å². The molecule has 0 bridgehead atoms. The zero-order valence-corrected chi connectivity index (χ0v) is 11.0. The Kier molecular flexibility index (Phi) is 4.06. The van der Waals surface area contributed by atoms with Gasteiger partial charge in [0.05, 0.1) is 5.69 Å². The molecule has 0 unspecified atom stereocenters. The van der Waals surface area contributed by atoms with Crippen LogP contribution in [-0.2, 0) is 0 Å². The van der Waals surface area contributed by atoms with Gasteiger partial charge in [-0.25, -0.2) is 8.78 Å². The van der Waals surface area contributed by atoms with E-state index in [-0.39, 0.29) is 10.8 Å². The quantitative estimate of drug-likeness (QED) is 0.809. The van der Waals surface area contributed by atoms with Crippen molar-refractivity contribution < 1.29 is 8.78 Å². The van der Waals surface area contributed by atoms with Gasteiger partial charge in [-0.05, 0) is 43.4 Å². The molecule has 5 heteroatoms. The number of anilines is 2. The molecule has 2 nitrogen and oxygen atoms in total. The molecule has 0 radical (unpaired) electrons. The zero-order chi connectivity index (χ0) is 13.8. The molecule has 0 heterocycles. The summed E-state index contributed by atoms with van der Waals surface area (Å²) in [5.41, 5.74) is 1.91. The van der Waals surface area contributed by atoms with E-state index in [4.69, 9.17) is 12.2 Å². The van der Waals surface area contributed by atoms with Gasteiger partial charge < -0.3 is 10.6 Å². The number of nitrogens with one attached hydrogen (secondary N) is 2. The maximum absolute atomic E-state index is 13.4. The second-order valence-corrected chi connectivity index (χ2v) is 4.48. The second-order valence-electron chi connectivity index (χ2n) is 4.07. The van der Waals surface area contributed by atoms with Crippen molar-refractivity contribution in [1.29, 1.82) is 0 Å². The summed E-state index contributed by atoms with van der Waals surface area (Å²) in [6.07, 6.45) is 0. The van der Waals surface area contributed by atoms with Gasteiger partial charge in [-0.15, -0.1) is 0 Å². The fourth-order valence-corrected chi connectivity index (χ4v) is 1.74. The van der Waals surface area contributed by atoms with Crippen LogP contribution in [0.25, 0.3) is 0 Å². The summed E-state index contributed by atoms with van der Waals surface area (Å²) in [5, 5.41) is 5.72. The largest absolute Gasteiger partial charge is 0.332 e. The number of rotatable bonds is 2. The Balaban J connectivity index is 2.05. The van der Waals surface area contributed by atoms with Gasteiger partial charge in [-0.2, -0.15) is 0 Å². The fraction of sp³-hybridized carbons (Fsp3) is 0.0714. The highest BCUT2D eigenvalue weighted by Crippen LogP contribution is 2.16. The molecule has 0 spiro atoms. The number of halogens is 2. The lowest BCUT2D eigenvalue weighted by Crippen LogP contribution is -2.19. The molecule has 0 aliphatic carbocycles. The Morgan fingerprint density at radius 3 is 2.37 bits per heavy atom. The van der Waals surface area contributed by atoms with Gasteiger partial charge >= 0.3 is 0 Å². The summed E-state index contributed by atoms with van der Waals surface area (Å²) in [5.74, 6) is -1.09. The number of hydrogen-bond donors (Lipinski definition) is 2. The first-order valence-corrected chi connectivity index (χ1v) is 6.05. The molecule has 0 fully saturated rings. The molecule has 0 aromatic heterocycles. The normalized spacial score (nSPS) is 10.1. The molecule has 0 saturated carbocycles. The van der Waals surface area contributed by atoms with Crippen molar-refractivity contribution in [2.24, 2.45) is 0 Å². The average Bonchev–Trinajstić information content (AvgIpc) is 2.37. The molecular formula is C14H12F2N2S. The third-order valence-electron chi connectivity index (χ3n) is 2.49. The first-order chi connectivity index (χ1) is 9.04. The van der Waals surface area contributed by atoms with Crippen LogP contribution in [0, 0.1) is 18.6 Å². The van der Waals surface area contributed by atoms with E-state index in [1.807, 2.05) is 31.2 Å². The fourth-order valence-electron chi connectivity index (χ4n) is 1.51.